The minimum absolute atomic E-state index is 0.0261. The molecular formula is C7H6F3IN2. The van der Waals surface area contributed by atoms with Crippen LogP contribution in [-0.4, -0.2) is 4.98 Å². The second-order valence-electron chi connectivity index (χ2n) is 2.29. The zero-order valence-corrected chi connectivity index (χ0v) is 8.56. The van der Waals surface area contributed by atoms with Crippen molar-refractivity contribution in [1.29, 1.82) is 0 Å². The van der Waals surface area contributed by atoms with E-state index in [1.165, 1.54) is 0 Å². The third-order valence-corrected chi connectivity index (χ3v) is 2.36. The number of hydrogen-bond donors (Lipinski definition) is 1. The second kappa shape index (κ2) is 4.23. The van der Waals surface area contributed by atoms with E-state index in [-0.39, 0.29) is 12.2 Å². The third-order valence-electron chi connectivity index (χ3n) is 1.43. The predicted octanol–water partition coefficient (Wildman–Crippen LogP) is 2.22. The molecule has 0 amide bonds. The van der Waals surface area contributed by atoms with Crippen LogP contribution in [0, 0.1) is 9.39 Å². The third kappa shape index (κ3) is 2.31. The van der Waals surface area contributed by atoms with E-state index in [1.807, 2.05) is 0 Å². The summed E-state index contributed by atoms with van der Waals surface area (Å²) in [5, 5.41) is 0. The molecule has 0 saturated carbocycles. The first-order chi connectivity index (χ1) is 6.06. The van der Waals surface area contributed by atoms with Gasteiger partial charge in [0.05, 0.1) is 5.69 Å². The molecule has 0 bridgehead atoms. The van der Waals surface area contributed by atoms with Gasteiger partial charge in [-0.15, -0.1) is 0 Å². The van der Waals surface area contributed by atoms with Gasteiger partial charge < -0.3 is 5.73 Å². The van der Waals surface area contributed by atoms with Gasteiger partial charge in [0.25, 0.3) is 6.43 Å². The molecular weight excluding hydrogens is 296 g/mol. The quantitative estimate of drug-likeness (QED) is 0.851. The molecule has 13 heavy (non-hydrogen) atoms. The highest BCUT2D eigenvalue weighted by Crippen LogP contribution is 2.22. The van der Waals surface area contributed by atoms with Gasteiger partial charge in [0.1, 0.15) is 5.69 Å². The molecule has 0 aliphatic heterocycles. The number of aromatic nitrogens is 1. The normalized spacial score (nSPS) is 10.9. The summed E-state index contributed by atoms with van der Waals surface area (Å²) in [5.41, 5.74) is 4.69. The highest BCUT2D eigenvalue weighted by Gasteiger charge is 2.17. The maximum Gasteiger partial charge on any atom is 0.283 e. The average Bonchev–Trinajstić information content (AvgIpc) is 2.03. The van der Waals surface area contributed by atoms with E-state index in [4.69, 9.17) is 5.73 Å². The van der Waals surface area contributed by atoms with Crippen LogP contribution in [0.5, 0.6) is 0 Å². The van der Waals surface area contributed by atoms with E-state index >= 15 is 0 Å². The molecule has 1 rings (SSSR count). The fourth-order valence-electron chi connectivity index (χ4n) is 0.817. The van der Waals surface area contributed by atoms with E-state index in [1.54, 1.807) is 22.6 Å². The van der Waals surface area contributed by atoms with Crippen molar-refractivity contribution in [3.63, 3.8) is 0 Å². The van der Waals surface area contributed by atoms with E-state index in [0.717, 1.165) is 6.07 Å². The Hall–Kier alpha value is -0.370. The molecule has 0 spiro atoms. The molecule has 1 heterocycles. The molecule has 0 radical (unpaired) electrons. The van der Waals surface area contributed by atoms with E-state index in [2.05, 4.69) is 4.98 Å². The largest absolute Gasteiger partial charge is 0.325 e. The first-order valence-electron chi connectivity index (χ1n) is 3.39. The number of halogens is 4. The number of alkyl halides is 2. The van der Waals surface area contributed by atoms with Gasteiger partial charge in [-0.3, -0.25) is 0 Å². The van der Waals surface area contributed by atoms with E-state index in [9.17, 15) is 13.2 Å². The Morgan fingerprint density at radius 1 is 1.54 bits per heavy atom. The van der Waals surface area contributed by atoms with Gasteiger partial charge in [0.15, 0.2) is 5.82 Å². The summed E-state index contributed by atoms with van der Waals surface area (Å²) in [7, 11) is 0. The SMILES string of the molecule is NCc1nc(C(F)F)c(F)cc1I. The molecule has 0 aliphatic rings. The Balaban J connectivity index is 3.22. The highest BCUT2D eigenvalue weighted by atomic mass is 127. The maximum absolute atomic E-state index is 12.8. The summed E-state index contributed by atoms with van der Waals surface area (Å²) < 4.78 is 37.5. The Morgan fingerprint density at radius 3 is 2.62 bits per heavy atom. The monoisotopic (exact) mass is 302 g/mol. The van der Waals surface area contributed by atoms with Crippen molar-refractivity contribution in [2.45, 2.75) is 13.0 Å². The van der Waals surface area contributed by atoms with E-state index < -0.39 is 17.9 Å². The van der Waals surface area contributed by atoms with Crippen LogP contribution in [0.4, 0.5) is 13.2 Å². The van der Waals surface area contributed by atoms with Crippen molar-refractivity contribution in [3.05, 3.63) is 26.8 Å². The summed E-state index contributed by atoms with van der Waals surface area (Å²) in [6.07, 6.45) is -2.90. The standard InChI is InChI=1S/C7H6F3IN2/c8-3-1-4(11)5(2-12)13-6(3)7(9)10/h1,7H,2,12H2. The fourth-order valence-corrected chi connectivity index (χ4v) is 1.43. The number of hydrogen-bond acceptors (Lipinski definition) is 2. The van der Waals surface area contributed by atoms with Crippen LogP contribution < -0.4 is 5.73 Å². The average molecular weight is 302 g/mol. The molecule has 0 unspecified atom stereocenters. The summed E-state index contributed by atoms with van der Waals surface area (Å²) in [5.74, 6) is -0.989. The summed E-state index contributed by atoms with van der Waals surface area (Å²) in [6.45, 7) is 0.0261. The van der Waals surface area contributed by atoms with Gasteiger partial charge in [-0.2, -0.15) is 0 Å². The second-order valence-corrected chi connectivity index (χ2v) is 3.45. The zero-order chi connectivity index (χ0) is 10.0. The van der Waals surface area contributed by atoms with Crippen molar-refractivity contribution in [3.8, 4) is 0 Å². The number of nitrogens with two attached hydrogens (primary N) is 1. The zero-order valence-electron chi connectivity index (χ0n) is 6.40. The molecule has 0 aliphatic carbocycles. The Bertz CT molecular complexity index is 317. The van der Waals surface area contributed by atoms with Gasteiger partial charge >= 0.3 is 0 Å². The molecule has 1 aromatic heterocycles. The minimum atomic E-state index is -2.90. The van der Waals surface area contributed by atoms with Crippen LogP contribution in [0.15, 0.2) is 6.07 Å². The van der Waals surface area contributed by atoms with Crippen LogP contribution in [0.2, 0.25) is 0 Å². The van der Waals surface area contributed by atoms with Crippen molar-refractivity contribution in [2.24, 2.45) is 5.73 Å². The lowest BCUT2D eigenvalue weighted by Crippen LogP contribution is -2.07. The Kier molecular flexibility index (Phi) is 3.48. The van der Waals surface area contributed by atoms with Crippen LogP contribution in [0.3, 0.4) is 0 Å². The fraction of sp³-hybridized carbons (Fsp3) is 0.286. The van der Waals surface area contributed by atoms with Crippen molar-refractivity contribution in [2.75, 3.05) is 0 Å². The topological polar surface area (TPSA) is 38.9 Å². The van der Waals surface area contributed by atoms with Gasteiger partial charge in [-0.05, 0) is 28.7 Å². The summed E-state index contributed by atoms with van der Waals surface area (Å²) in [6, 6.07) is 1.01. The van der Waals surface area contributed by atoms with E-state index in [0.29, 0.717) is 3.57 Å². The van der Waals surface area contributed by atoms with Gasteiger partial charge in [0, 0.05) is 10.1 Å². The Morgan fingerprint density at radius 2 is 2.15 bits per heavy atom. The van der Waals surface area contributed by atoms with Gasteiger partial charge in [-0.1, -0.05) is 0 Å². The number of nitrogens with zero attached hydrogens (tertiary/aromatic N) is 1. The molecule has 0 saturated heterocycles. The highest BCUT2D eigenvalue weighted by molar-refractivity contribution is 14.1. The van der Waals surface area contributed by atoms with Crippen molar-refractivity contribution < 1.29 is 13.2 Å². The maximum atomic E-state index is 12.8. The molecule has 2 N–H and O–H groups in total. The molecule has 0 aromatic carbocycles. The smallest absolute Gasteiger partial charge is 0.283 e. The lowest BCUT2D eigenvalue weighted by atomic mass is 10.3. The van der Waals surface area contributed by atoms with Gasteiger partial charge in [-0.25, -0.2) is 18.2 Å². The molecule has 6 heteroatoms. The Labute approximate surface area is 86.5 Å². The predicted molar refractivity (Wildman–Crippen MR) is 49.8 cm³/mol. The van der Waals surface area contributed by atoms with Crippen LogP contribution in [0.1, 0.15) is 17.8 Å². The van der Waals surface area contributed by atoms with Crippen molar-refractivity contribution in [1.82, 2.24) is 4.98 Å². The first kappa shape index (κ1) is 10.7. The lowest BCUT2D eigenvalue weighted by Gasteiger charge is -2.05. The van der Waals surface area contributed by atoms with Crippen molar-refractivity contribution >= 4 is 22.6 Å². The number of pyridine rings is 1. The van der Waals surface area contributed by atoms with Crippen LogP contribution in [0.25, 0.3) is 0 Å². The van der Waals surface area contributed by atoms with Crippen LogP contribution in [-0.2, 0) is 6.54 Å². The summed E-state index contributed by atoms with van der Waals surface area (Å²) >= 11 is 1.80. The molecule has 72 valence electrons. The van der Waals surface area contributed by atoms with Gasteiger partial charge in [0.2, 0.25) is 0 Å². The minimum Gasteiger partial charge on any atom is -0.325 e. The molecule has 0 fully saturated rings. The lowest BCUT2D eigenvalue weighted by molar-refractivity contribution is 0.140. The number of rotatable bonds is 2. The molecule has 1 aromatic rings. The van der Waals surface area contributed by atoms with Crippen LogP contribution >= 0.6 is 22.6 Å². The molecule has 0 atom stereocenters. The molecule has 2 nitrogen and oxygen atoms in total. The summed E-state index contributed by atoms with van der Waals surface area (Å²) in [4.78, 5) is 3.43. The first-order valence-corrected chi connectivity index (χ1v) is 4.47.